The second-order valence-corrected chi connectivity index (χ2v) is 14.7. The average molecular weight is 383 g/mol. The Morgan fingerprint density at radius 1 is 1.04 bits per heavy atom. The molecule has 1 aliphatic heterocycles. The topological polar surface area (TPSA) is 27.7 Å². The van der Waals surface area contributed by atoms with Gasteiger partial charge in [0.2, 0.25) is 0 Å². The van der Waals surface area contributed by atoms with Gasteiger partial charge in [-0.05, 0) is 69.8 Å². The second kappa shape index (κ2) is 6.29. The van der Waals surface area contributed by atoms with Crippen LogP contribution in [0.1, 0.15) is 54.0 Å². The van der Waals surface area contributed by atoms with Crippen LogP contribution < -0.4 is 9.89 Å². The first-order valence-corrected chi connectivity index (χ1v) is 12.2. The fourth-order valence-corrected chi connectivity index (χ4v) is 3.88. The van der Waals surface area contributed by atoms with Crippen LogP contribution in [0, 0.1) is 6.92 Å². The number of aryl methyl sites for hydroxylation is 1. The van der Waals surface area contributed by atoms with Gasteiger partial charge in [-0.2, -0.15) is 0 Å². The fraction of sp³-hybridized carbons (Fsp3) is 0.684. The number of hydrogen-bond donors (Lipinski definition) is 0. The lowest BCUT2D eigenvalue weighted by atomic mass is 9.78. The largest absolute Gasteiger partial charge is 0.542 e. The highest BCUT2D eigenvalue weighted by Gasteiger charge is 2.52. The van der Waals surface area contributed by atoms with E-state index in [9.17, 15) is 0 Å². The quantitative estimate of drug-likeness (QED) is 0.661. The molecule has 3 nitrogen and oxygen atoms in total. The van der Waals surface area contributed by atoms with Crippen LogP contribution >= 0.6 is 11.6 Å². The second-order valence-electron chi connectivity index (χ2n) is 9.60. The van der Waals surface area contributed by atoms with Crippen LogP contribution in [-0.4, -0.2) is 26.6 Å². The predicted molar refractivity (Wildman–Crippen MR) is 110 cm³/mol. The van der Waals surface area contributed by atoms with Crippen molar-refractivity contribution in [1.29, 1.82) is 0 Å². The molecule has 0 aliphatic carbocycles. The molecule has 25 heavy (non-hydrogen) atoms. The Bertz CT molecular complexity index is 626. The van der Waals surface area contributed by atoms with Gasteiger partial charge < -0.3 is 13.7 Å². The third-order valence-electron chi connectivity index (χ3n) is 5.94. The Labute approximate surface area is 159 Å². The SMILES string of the molecule is Cc1cc(B2OC(C)(C)C(C)(C)O2)cc(Cl)c1O[Si](C)(C)C(C)(C)C. The Kier molecular flexibility index (Phi) is 5.24. The zero-order chi connectivity index (χ0) is 19.4. The van der Waals surface area contributed by atoms with Crippen molar-refractivity contribution in [3.8, 4) is 5.75 Å². The van der Waals surface area contributed by atoms with E-state index in [1.807, 2.05) is 13.0 Å². The number of benzene rings is 1. The molecule has 2 rings (SSSR count). The molecule has 1 aromatic carbocycles. The van der Waals surface area contributed by atoms with Crippen LogP contribution in [0.5, 0.6) is 5.75 Å². The van der Waals surface area contributed by atoms with Crippen LogP contribution in [0.3, 0.4) is 0 Å². The highest BCUT2D eigenvalue weighted by Crippen LogP contribution is 2.41. The molecule has 1 aliphatic rings. The molecule has 0 spiro atoms. The average Bonchev–Trinajstić information content (AvgIpc) is 2.61. The zero-order valence-electron chi connectivity index (χ0n) is 17.3. The van der Waals surface area contributed by atoms with E-state index in [-0.39, 0.29) is 16.2 Å². The Morgan fingerprint density at radius 2 is 1.52 bits per heavy atom. The maximum absolute atomic E-state index is 6.60. The molecule has 0 unspecified atom stereocenters. The van der Waals surface area contributed by atoms with E-state index in [0.717, 1.165) is 16.8 Å². The standard InChI is InChI=1S/C19H32BClO3Si/c1-13-11-14(20-23-18(5,6)19(7,8)24-20)12-15(21)16(13)22-25(9,10)17(2,3)4/h11-12H,1-10H3. The minimum Gasteiger partial charge on any atom is -0.542 e. The first kappa shape index (κ1) is 20.8. The van der Waals surface area contributed by atoms with Gasteiger partial charge in [0.15, 0.2) is 0 Å². The molecule has 0 saturated carbocycles. The van der Waals surface area contributed by atoms with Crippen molar-refractivity contribution in [3.05, 3.63) is 22.7 Å². The molecule has 0 aromatic heterocycles. The van der Waals surface area contributed by atoms with E-state index in [2.05, 4.69) is 67.6 Å². The van der Waals surface area contributed by atoms with E-state index in [4.69, 9.17) is 25.3 Å². The monoisotopic (exact) mass is 382 g/mol. The third kappa shape index (κ3) is 3.95. The smallest absolute Gasteiger partial charge is 0.494 e. The van der Waals surface area contributed by atoms with Gasteiger partial charge in [-0.15, -0.1) is 0 Å². The predicted octanol–water partition coefficient (Wildman–Crippen LogP) is 5.33. The molecule has 6 heteroatoms. The van der Waals surface area contributed by atoms with E-state index in [0.29, 0.717) is 5.02 Å². The minimum atomic E-state index is -1.95. The molecule has 0 radical (unpaired) electrons. The first-order chi connectivity index (χ1) is 11.1. The summed E-state index contributed by atoms with van der Waals surface area (Å²) in [5.41, 5.74) is 1.22. The molecule has 0 N–H and O–H groups in total. The number of halogens is 1. The molecular weight excluding hydrogens is 351 g/mol. The fourth-order valence-electron chi connectivity index (χ4n) is 2.41. The maximum Gasteiger partial charge on any atom is 0.494 e. The highest BCUT2D eigenvalue weighted by molar-refractivity contribution is 6.74. The van der Waals surface area contributed by atoms with Gasteiger partial charge >= 0.3 is 7.12 Å². The highest BCUT2D eigenvalue weighted by atomic mass is 35.5. The molecule has 1 fully saturated rings. The van der Waals surface area contributed by atoms with E-state index < -0.39 is 15.4 Å². The van der Waals surface area contributed by atoms with Crippen LogP contribution in [0.4, 0.5) is 0 Å². The molecule has 1 saturated heterocycles. The summed E-state index contributed by atoms with van der Waals surface area (Å²) in [6.07, 6.45) is 0. The summed E-state index contributed by atoms with van der Waals surface area (Å²) in [6, 6.07) is 3.98. The summed E-state index contributed by atoms with van der Waals surface area (Å²) < 4.78 is 18.7. The van der Waals surface area contributed by atoms with Gasteiger partial charge in [-0.3, -0.25) is 0 Å². The summed E-state index contributed by atoms with van der Waals surface area (Å²) in [7, 11) is -2.36. The molecule has 1 heterocycles. The Morgan fingerprint density at radius 3 is 1.92 bits per heavy atom. The summed E-state index contributed by atoms with van der Waals surface area (Å²) in [5, 5.41) is 0.738. The Hall–Kier alpha value is -0.488. The minimum absolute atomic E-state index is 0.118. The van der Waals surface area contributed by atoms with E-state index in [1.165, 1.54) is 0 Å². The molecular formula is C19H32BClO3Si. The maximum atomic E-state index is 6.60. The summed E-state index contributed by atoms with van der Waals surface area (Å²) in [6.45, 7) is 21.4. The lowest BCUT2D eigenvalue weighted by molar-refractivity contribution is 0.00578. The van der Waals surface area contributed by atoms with Gasteiger partial charge in [0.1, 0.15) is 5.75 Å². The van der Waals surface area contributed by atoms with Crippen LogP contribution in [0.15, 0.2) is 12.1 Å². The lowest BCUT2D eigenvalue weighted by Crippen LogP contribution is -2.44. The van der Waals surface area contributed by atoms with Gasteiger partial charge in [0.05, 0.1) is 16.2 Å². The zero-order valence-corrected chi connectivity index (χ0v) is 19.1. The molecule has 140 valence electrons. The number of hydrogen-bond acceptors (Lipinski definition) is 3. The Balaban J connectivity index is 2.33. The molecule has 0 atom stereocenters. The molecule has 0 amide bonds. The number of rotatable bonds is 3. The van der Waals surface area contributed by atoms with Crippen LogP contribution in [-0.2, 0) is 9.31 Å². The van der Waals surface area contributed by atoms with Crippen molar-refractivity contribution in [1.82, 2.24) is 0 Å². The van der Waals surface area contributed by atoms with E-state index in [1.54, 1.807) is 0 Å². The lowest BCUT2D eigenvalue weighted by Gasteiger charge is -2.37. The van der Waals surface area contributed by atoms with Gasteiger partial charge in [0, 0.05) is 0 Å². The first-order valence-electron chi connectivity index (χ1n) is 8.92. The van der Waals surface area contributed by atoms with E-state index >= 15 is 0 Å². The van der Waals surface area contributed by atoms with Crippen molar-refractivity contribution >= 4 is 32.5 Å². The molecule has 1 aromatic rings. The summed E-state index contributed by atoms with van der Waals surface area (Å²) in [5.74, 6) is 0.786. The van der Waals surface area contributed by atoms with Gasteiger partial charge in [-0.25, -0.2) is 0 Å². The summed E-state index contributed by atoms with van der Waals surface area (Å²) >= 11 is 6.60. The van der Waals surface area contributed by atoms with Crippen molar-refractivity contribution < 1.29 is 13.7 Å². The third-order valence-corrected chi connectivity index (χ3v) is 10.5. The normalized spacial score (nSPS) is 20.0. The van der Waals surface area contributed by atoms with Crippen molar-refractivity contribution in [2.75, 3.05) is 0 Å². The summed E-state index contributed by atoms with van der Waals surface area (Å²) in [4.78, 5) is 0. The van der Waals surface area contributed by atoms with Crippen molar-refractivity contribution in [2.45, 2.75) is 84.7 Å². The van der Waals surface area contributed by atoms with Crippen LogP contribution in [0.25, 0.3) is 0 Å². The van der Waals surface area contributed by atoms with Crippen LogP contribution in [0.2, 0.25) is 23.2 Å². The molecule has 0 bridgehead atoms. The van der Waals surface area contributed by atoms with Gasteiger partial charge in [0.25, 0.3) is 8.32 Å². The van der Waals surface area contributed by atoms with Crippen molar-refractivity contribution in [3.63, 3.8) is 0 Å². The van der Waals surface area contributed by atoms with Crippen molar-refractivity contribution in [2.24, 2.45) is 0 Å². The van der Waals surface area contributed by atoms with Gasteiger partial charge in [-0.1, -0.05) is 38.4 Å².